The van der Waals surface area contributed by atoms with E-state index in [1.54, 1.807) is 18.2 Å². The number of hydrogen-bond donors (Lipinski definition) is 0. The molecule has 5 nitrogen and oxygen atoms in total. The summed E-state index contributed by atoms with van der Waals surface area (Å²) in [7, 11) is 1.45. The van der Waals surface area contributed by atoms with Crippen molar-refractivity contribution >= 4 is 5.91 Å². The topological polar surface area (TPSA) is 75.1 Å². The summed E-state index contributed by atoms with van der Waals surface area (Å²) in [5, 5.41) is 2.97. The molecule has 0 bridgehead atoms. The largest absolute Gasteiger partial charge is 0.496 e. The van der Waals surface area contributed by atoms with Crippen molar-refractivity contribution in [3.63, 3.8) is 0 Å². The maximum absolute atomic E-state index is 11.1. The summed E-state index contributed by atoms with van der Waals surface area (Å²) in [6, 6.07) is 6.56. The molecule has 1 rings (SSSR count). The molecule has 1 amide bonds. The number of azide groups is 1. The van der Waals surface area contributed by atoms with E-state index in [9.17, 15) is 4.79 Å². The average Bonchev–Trinajstić information content (AvgIpc) is 2.18. The number of carbonyl (C=O) groups is 1. The highest BCUT2D eigenvalue weighted by Crippen LogP contribution is 2.17. The van der Waals surface area contributed by atoms with Crippen LogP contribution in [0.2, 0.25) is 0 Å². The highest BCUT2D eigenvalue weighted by Gasteiger charge is 2.08. The van der Waals surface area contributed by atoms with Crippen molar-refractivity contribution in [2.45, 2.75) is 0 Å². The first-order valence-electron chi connectivity index (χ1n) is 3.52. The Morgan fingerprint density at radius 2 is 2.23 bits per heavy atom. The van der Waals surface area contributed by atoms with Gasteiger partial charge in [-0.1, -0.05) is 12.1 Å². The van der Waals surface area contributed by atoms with E-state index >= 15 is 0 Å². The first kappa shape index (κ1) is 9.09. The van der Waals surface area contributed by atoms with Crippen LogP contribution in [0.3, 0.4) is 0 Å². The highest BCUT2D eigenvalue weighted by molar-refractivity contribution is 5.97. The molecule has 0 aromatic heterocycles. The third-order valence-corrected chi connectivity index (χ3v) is 1.47. The van der Waals surface area contributed by atoms with E-state index in [0.717, 1.165) is 0 Å². The van der Waals surface area contributed by atoms with Crippen LogP contribution in [-0.2, 0) is 0 Å². The van der Waals surface area contributed by atoms with Gasteiger partial charge in [0.05, 0.1) is 12.7 Å². The smallest absolute Gasteiger partial charge is 0.252 e. The number of methoxy groups -OCH3 is 1. The van der Waals surface area contributed by atoms with Gasteiger partial charge in [0.1, 0.15) is 5.75 Å². The predicted molar refractivity (Wildman–Crippen MR) is 46.5 cm³/mol. The number of hydrogen-bond acceptors (Lipinski definition) is 2. The van der Waals surface area contributed by atoms with E-state index in [-0.39, 0.29) is 5.56 Å². The lowest BCUT2D eigenvalue weighted by molar-refractivity contribution is 0.0997. The van der Waals surface area contributed by atoms with E-state index in [0.29, 0.717) is 5.75 Å². The lowest BCUT2D eigenvalue weighted by Gasteiger charge is -2.02. The molecule has 1 aromatic rings. The first-order valence-corrected chi connectivity index (χ1v) is 3.52. The number of benzene rings is 1. The monoisotopic (exact) mass is 177 g/mol. The van der Waals surface area contributed by atoms with E-state index in [4.69, 9.17) is 10.3 Å². The van der Waals surface area contributed by atoms with Crippen molar-refractivity contribution in [3.8, 4) is 5.75 Å². The van der Waals surface area contributed by atoms with Gasteiger partial charge in [0, 0.05) is 4.91 Å². The van der Waals surface area contributed by atoms with E-state index in [1.165, 1.54) is 13.2 Å². The van der Waals surface area contributed by atoms with Crippen LogP contribution in [0.1, 0.15) is 10.4 Å². The Morgan fingerprint density at radius 1 is 1.54 bits per heavy atom. The number of nitrogens with zero attached hydrogens (tertiary/aromatic N) is 3. The summed E-state index contributed by atoms with van der Waals surface area (Å²) in [4.78, 5) is 13.5. The molecule has 0 unspecified atom stereocenters. The van der Waals surface area contributed by atoms with Crippen molar-refractivity contribution in [1.82, 2.24) is 0 Å². The van der Waals surface area contributed by atoms with Crippen LogP contribution < -0.4 is 4.74 Å². The van der Waals surface area contributed by atoms with Gasteiger partial charge in [-0.2, -0.15) is 0 Å². The SMILES string of the molecule is COc1ccccc1C(=O)N=[N+]=[N-]. The summed E-state index contributed by atoms with van der Waals surface area (Å²) < 4.78 is 4.91. The molecular formula is C8H7N3O2. The van der Waals surface area contributed by atoms with Crippen molar-refractivity contribution in [2.75, 3.05) is 7.11 Å². The molecular weight excluding hydrogens is 170 g/mol. The van der Waals surface area contributed by atoms with E-state index < -0.39 is 5.91 Å². The van der Waals surface area contributed by atoms with E-state index in [2.05, 4.69) is 10.0 Å². The van der Waals surface area contributed by atoms with Gasteiger partial charge in [-0.25, -0.2) is 0 Å². The minimum absolute atomic E-state index is 0.266. The third-order valence-electron chi connectivity index (χ3n) is 1.47. The molecule has 0 atom stereocenters. The molecule has 0 aliphatic rings. The van der Waals surface area contributed by atoms with Crippen molar-refractivity contribution in [2.24, 2.45) is 5.11 Å². The minimum Gasteiger partial charge on any atom is -0.496 e. The Morgan fingerprint density at radius 3 is 2.85 bits per heavy atom. The van der Waals surface area contributed by atoms with E-state index in [1.807, 2.05) is 0 Å². The van der Waals surface area contributed by atoms with Crippen molar-refractivity contribution in [3.05, 3.63) is 40.3 Å². The fraction of sp³-hybridized carbons (Fsp3) is 0.125. The number of amides is 1. The Kier molecular flexibility index (Phi) is 2.89. The molecule has 0 aliphatic carbocycles. The lowest BCUT2D eigenvalue weighted by Crippen LogP contribution is -1.97. The van der Waals surface area contributed by atoms with Gasteiger partial charge >= 0.3 is 0 Å². The van der Waals surface area contributed by atoms with Crippen molar-refractivity contribution < 1.29 is 9.53 Å². The second-order valence-corrected chi connectivity index (χ2v) is 2.19. The lowest BCUT2D eigenvalue weighted by atomic mass is 10.2. The maximum atomic E-state index is 11.1. The summed E-state index contributed by atoms with van der Waals surface area (Å²) in [5.74, 6) is -0.236. The van der Waals surface area contributed by atoms with Crippen LogP contribution in [0, 0.1) is 0 Å². The van der Waals surface area contributed by atoms with Gasteiger partial charge in [-0.3, -0.25) is 4.79 Å². The zero-order valence-electron chi connectivity index (χ0n) is 6.97. The predicted octanol–water partition coefficient (Wildman–Crippen LogP) is 2.15. The molecule has 13 heavy (non-hydrogen) atoms. The van der Waals surface area contributed by atoms with Gasteiger partial charge in [-0.15, -0.1) is 0 Å². The Hall–Kier alpha value is -2.00. The maximum Gasteiger partial charge on any atom is 0.252 e. The fourth-order valence-electron chi connectivity index (χ4n) is 0.916. The van der Waals surface area contributed by atoms with Gasteiger partial charge < -0.3 is 4.74 Å². The minimum atomic E-state index is -0.639. The standard InChI is InChI=1S/C8H7N3O2/c1-13-7-5-3-2-4-6(7)8(12)10-11-9/h2-5H,1H3. The van der Waals surface area contributed by atoms with Crippen LogP contribution in [0.15, 0.2) is 29.4 Å². The highest BCUT2D eigenvalue weighted by atomic mass is 16.5. The number of carbonyl (C=O) groups excluding carboxylic acids is 1. The molecule has 0 saturated heterocycles. The van der Waals surface area contributed by atoms with Crippen LogP contribution in [-0.4, -0.2) is 13.0 Å². The Labute approximate surface area is 74.6 Å². The first-order chi connectivity index (χ1) is 6.29. The number of rotatable bonds is 2. The molecule has 0 saturated carbocycles. The van der Waals surface area contributed by atoms with Gasteiger partial charge in [0.15, 0.2) is 0 Å². The van der Waals surface area contributed by atoms with Crippen LogP contribution in [0.4, 0.5) is 0 Å². The van der Waals surface area contributed by atoms with Gasteiger partial charge in [-0.05, 0) is 22.8 Å². The fourth-order valence-corrected chi connectivity index (χ4v) is 0.916. The molecule has 0 fully saturated rings. The zero-order chi connectivity index (χ0) is 9.68. The normalized spacial score (nSPS) is 8.69. The summed E-state index contributed by atoms with van der Waals surface area (Å²) in [5.41, 5.74) is 8.32. The molecule has 0 aliphatic heterocycles. The summed E-state index contributed by atoms with van der Waals surface area (Å²) in [6.07, 6.45) is 0. The quantitative estimate of drug-likeness (QED) is 0.394. The molecule has 0 spiro atoms. The van der Waals surface area contributed by atoms with Gasteiger partial charge in [0.25, 0.3) is 5.91 Å². The number of ether oxygens (including phenoxy) is 1. The molecule has 1 aromatic carbocycles. The molecule has 0 radical (unpaired) electrons. The summed E-state index contributed by atoms with van der Waals surface area (Å²) >= 11 is 0. The Balaban J connectivity index is 3.12. The second kappa shape index (κ2) is 4.13. The third kappa shape index (κ3) is 1.98. The van der Waals surface area contributed by atoms with Crippen LogP contribution >= 0.6 is 0 Å². The molecule has 66 valence electrons. The zero-order valence-corrected chi connectivity index (χ0v) is 6.97. The molecule has 0 heterocycles. The van der Waals surface area contributed by atoms with Crippen LogP contribution in [0.5, 0.6) is 5.75 Å². The van der Waals surface area contributed by atoms with Gasteiger partial charge in [0.2, 0.25) is 0 Å². The second-order valence-electron chi connectivity index (χ2n) is 2.19. The molecule has 0 N–H and O–H groups in total. The average molecular weight is 177 g/mol. The summed E-state index contributed by atoms with van der Waals surface area (Å²) in [6.45, 7) is 0. The van der Waals surface area contributed by atoms with Crippen molar-refractivity contribution in [1.29, 1.82) is 0 Å². The van der Waals surface area contributed by atoms with Crippen LogP contribution in [0.25, 0.3) is 10.4 Å². The molecule has 5 heteroatoms. The number of para-hydroxylation sites is 1. The Bertz CT molecular complexity index is 369.